The van der Waals surface area contributed by atoms with Crippen LogP contribution in [0.2, 0.25) is 0 Å². The lowest BCUT2D eigenvalue weighted by atomic mass is 10.1. The van der Waals surface area contributed by atoms with Gasteiger partial charge >= 0.3 is 11.9 Å². The Hall–Kier alpha value is -3.86. The van der Waals surface area contributed by atoms with Crippen molar-refractivity contribution < 1.29 is 19.8 Å². The summed E-state index contributed by atoms with van der Waals surface area (Å²) in [6, 6.07) is 27.9. The van der Waals surface area contributed by atoms with E-state index in [1.807, 2.05) is 0 Å². The second-order valence-electron chi connectivity index (χ2n) is 7.06. The minimum Gasteiger partial charge on any atom is -0.478 e. The molecular formula is C26H27NO4. The fourth-order valence-electron chi connectivity index (χ4n) is 3.05. The van der Waals surface area contributed by atoms with Crippen LogP contribution in [0.4, 0.5) is 5.69 Å². The summed E-state index contributed by atoms with van der Waals surface area (Å²) in [7, 11) is 0. The van der Waals surface area contributed by atoms with E-state index in [-0.39, 0.29) is 0 Å². The van der Waals surface area contributed by atoms with Gasteiger partial charge in [0.1, 0.15) is 0 Å². The maximum Gasteiger partial charge on any atom is 0.328 e. The second-order valence-corrected chi connectivity index (χ2v) is 7.06. The van der Waals surface area contributed by atoms with Crippen LogP contribution < -0.4 is 4.90 Å². The van der Waals surface area contributed by atoms with Crippen molar-refractivity contribution in [2.75, 3.05) is 4.90 Å². The van der Waals surface area contributed by atoms with Crippen molar-refractivity contribution in [1.29, 1.82) is 0 Å². The van der Waals surface area contributed by atoms with Crippen LogP contribution in [-0.2, 0) is 22.7 Å². The van der Waals surface area contributed by atoms with Gasteiger partial charge in [-0.15, -0.1) is 0 Å². The molecule has 3 rings (SSSR count). The van der Waals surface area contributed by atoms with E-state index in [0.29, 0.717) is 12.2 Å². The number of carbonyl (C=O) groups is 2. The number of rotatable bonds is 7. The average molecular weight is 418 g/mol. The van der Waals surface area contributed by atoms with Gasteiger partial charge in [-0.25, -0.2) is 9.59 Å². The fraction of sp³-hybridized carbons (Fsp3) is 0.154. The molecule has 3 aromatic carbocycles. The van der Waals surface area contributed by atoms with Gasteiger partial charge in [0.25, 0.3) is 0 Å². The Kier molecular flexibility index (Phi) is 9.05. The maximum absolute atomic E-state index is 9.55. The van der Waals surface area contributed by atoms with Crippen LogP contribution in [0.15, 0.2) is 91.0 Å². The van der Waals surface area contributed by atoms with Crippen LogP contribution in [-0.4, -0.2) is 22.2 Å². The Morgan fingerprint density at radius 3 is 1.58 bits per heavy atom. The van der Waals surface area contributed by atoms with Gasteiger partial charge in [0.05, 0.1) is 0 Å². The topological polar surface area (TPSA) is 77.8 Å². The number of hydrogen-bond donors (Lipinski definition) is 2. The molecule has 3 aromatic rings. The van der Waals surface area contributed by atoms with E-state index in [1.165, 1.54) is 27.9 Å². The summed E-state index contributed by atoms with van der Waals surface area (Å²) in [5, 5.41) is 15.6. The van der Waals surface area contributed by atoms with E-state index in [0.717, 1.165) is 13.1 Å². The van der Waals surface area contributed by atoms with Gasteiger partial charge in [-0.1, -0.05) is 72.8 Å². The Bertz CT molecular complexity index is 957. The van der Waals surface area contributed by atoms with Crippen molar-refractivity contribution in [3.8, 4) is 0 Å². The van der Waals surface area contributed by atoms with E-state index >= 15 is 0 Å². The second kappa shape index (κ2) is 12.0. The summed E-state index contributed by atoms with van der Waals surface area (Å²) in [6.45, 7) is 6.23. The van der Waals surface area contributed by atoms with Gasteiger partial charge in [0, 0.05) is 30.9 Å². The summed E-state index contributed by atoms with van der Waals surface area (Å²) in [5.74, 6) is -2.51. The molecule has 5 nitrogen and oxygen atoms in total. The van der Waals surface area contributed by atoms with E-state index in [4.69, 9.17) is 10.2 Å². The van der Waals surface area contributed by atoms with Gasteiger partial charge < -0.3 is 15.1 Å². The van der Waals surface area contributed by atoms with E-state index in [9.17, 15) is 9.59 Å². The zero-order valence-electron chi connectivity index (χ0n) is 17.7. The monoisotopic (exact) mass is 417 g/mol. The number of anilines is 1. The number of aliphatic carboxylic acids is 2. The van der Waals surface area contributed by atoms with Crippen LogP contribution in [0, 0.1) is 13.8 Å². The smallest absolute Gasteiger partial charge is 0.328 e. The molecule has 0 amide bonds. The van der Waals surface area contributed by atoms with Crippen molar-refractivity contribution in [2.45, 2.75) is 26.9 Å². The number of nitrogens with zero attached hydrogens (tertiary/aromatic N) is 1. The molecule has 0 aliphatic carbocycles. The normalized spacial score (nSPS) is 10.3. The SMILES string of the molecule is Cc1cccc(N(Cc2ccccc2)Cc2ccccc2)c1C.O=C(O)/C=C/C(=O)O. The molecular weight excluding hydrogens is 390 g/mol. The molecule has 0 atom stereocenters. The van der Waals surface area contributed by atoms with Crippen LogP contribution in [0.5, 0.6) is 0 Å². The molecule has 0 radical (unpaired) electrons. The number of carboxylic acid groups (broad SMARTS) is 2. The quantitative estimate of drug-likeness (QED) is 0.515. The molecule has 31 heavy (non-hydrogen) atoms. The number of hydrogen-bond acceptors (Lipinski definition) is 3. The number of aryl methyl sites for hydroxylation is 1. The maximum atomic E-state index is 9.55. The van der Waals surface area contributed by atoms with Gasteiger partial charge in [-0.05, 0) is 42.2 Å². The van der Waals surface area contributed by atoms with Crippen LogP contribution in [0.3, 0.4) is 0 Å². The molecule has 0 unspecified atom stereocenters. The molecule has 0 spiro atoms. The van der Waals surface area contributed by atoms with Crippen LogP contribution in [0.25, 0.3) is 0 Å². The summed E-state index contributed by atoms with van der Waals surface area (Å²) in [4.78, 5) is 21.6. The van der Waals surface area contributed by atoms with Crippen LogP contribution in [0.1, 0.15) is 22.3 Å². The zero-order valence-corrected chi connectivity index (χ0v) is 17.7. The molecule has 0 aliphatic heterocycles. The Balaban J connectivity index is 0.000000366. The molecule has 0 saturated heterocycles. The standard InChI is InChI=1S/C22H23N.C4H4O4/c1-18-10-9-15-22(19(18)2)23(16-20-11-5-3-6-12-20)17-21-13-7-4-8-14-21;5-3(6)1-2-4(7)8/h3-15H,16-17H2,1-2H3;1-2H,(H,5,6)(H,7,8)/b;2-1+. The molecule has 2 N–H and O–H groups in total. The summed E-state index contributed by atoms with van der Waals surface area (Å²) in [6.07, 6.45) is 1.12. The fourth-order valence-corrected chi connectivity index (χ4v) is 3.05. The number of benzene rings is 3. The van der Waals surface area contributed by atoms with Crippen molar-refractivity contribution in [1.82, 2.24) is 0 Å². The third kappa shape index (κ3) is 8.19. The number of carboxylic acids is 2. The molecule has 0 heterocycles. The lowest BCUT2D eigenvalue weighted by Crippen LogP contribution is -2.23. The van der Waals surface area contributed by atoms with E-state index in [2.05, 4.69) is 97.6 Å². The minimum absolute atomic E-state index is 0.558. The molecule has 0 saturated carbocycles. The highest BCUT2D eigenvalue weighted by Crippen LogP contribution is 2.26. The Labute approximate surface area is 182 Å². The molecule has 0 aromatic heterocycles. The molecule has 0 aliphatic rings. The molecule has 5 heteroatoms. The van der Waals surface area contributed by atoms with Crippen LogP contribution >= 0.6 is 0 Å². The van der Waals surface area contributed by atoms with Crippen molar-refractivity contribution in [3.63, 3.8) is 0 Å². The molecule has 0 fully saturated rings. The summed E-state index contributed by atoms with van der Waals surface area (Å²) in [5.41, 5.74) is 6.69. The highest BCUT2D eigenvalue weighted by Gasteiger charge is 2.12. The molecule has 160 valence electrons. The lowest BCUT2D eigenvalue weighted by molar-refractivity contribution is -0.134. The molecule has 0 bridgehead atoms. The van der Waals surface area contributed by atoms with Gasteiger partial charge in [0.15, 0.2) is 0 Å². The zero-order chi connectivity index (χ0) is 22.6. The van der Waals surface area contributed by atoms with Gasteiger partial charge in [-0.2, -0.15) is 0 Å². The van der Waals surface area contributed by atoms with Crippen molar-refractivity contribution in [2.24, 2.45) is 0 Å². The predicted molar refractivity (Wildman–Crippen MR) is 123 cm³/mol. The van der Waals surface area contributed by atoms with E-state index in [1.54, 1.807) is 0 Å². The first-order valence-electron chi connectivity index (χ1n) is 9.89. The van der Waals surface area contributed by atoms with Gasteiger partial charge in [-0.3, -0.25) is 0 Å². The summed E-state index contributed by atoms with van der Waals surface area (Å²) >= 11 is 0. The van der Waals surface area contributed by atoms with Crippen molar-refractivity contribution in [3.05, 3.63) is 113 Å². The first kappa shape index (κ1) is 23.4. The Morgan fingerprint density at radius 2 is 1.16 bits per heavy atom. The minimum atomic E-state index is -1.26. The Morgan fingerprint density at radius 1 is 0.710 bits per heavy atom. The first-order valence-corrected chi connectivity index (χ1v) is 9.89. The first-order chi connectivity index (χ1) is 14.9. The largest absolute Gasteiger partial charge is 0.478 e. The van der Waals surface area contributed by atoms with E-state index < -0.39 is 11.9 Å². The highest BCUT2D eigenvalue weighted by molar-refractivity contribution is 5.89. The lowest BCUT2D eigenvalue weighted by Gasteiger charge is -2.27. The van der Waals surface area contributed by atoms with Crippen molar-refractivity contribution >= 4 is 17.6 Å². The third-order valence-corrected chi connectivity index (χ3v) is 4.72. The summed E-state index contributed by atoms with van der Waals surface area (Å²) < 4.78 is 0. The van der Waals surface area contributed by atoms with Gasteiger partial charge in [0.2, 0.25) is 0 Å². The highest BCUT2D eigenvalue weighted by atomic mass is 16.4. The third-order valence-electron chi connectivity index (χ3n) is 4.72. The average Bonchev–Trinajstić information content (AvgIpc) is 2.76. The predicted octanol–water partition coefficient (Wildman–Crippen LogP) is 5.22.